The summed E-state index contributed by atoms with van der Waals surface area (Å²) in [5, 5.41) is 16.4. The second kappa shape index (κ2) is 9.65. The number of hydrogen-bond donors (Lipinski definition) is 3. The normalized spacial score (nSPS) is 31.0. The van der Waals surface area contributed by atoms with E-state index in [0.29, 0.717) is 24.8 Å². The van der Waals surface area contributed by atoms with Crippen LogP contribution in [0, 0.1) is 17.8 Å². The third-order valence-electron chi connectivity index (χ3n) is 5.08. The molecule has 4 atom stereocenters. The second-order valence-electron chi connectivity index (χ2n) is 6.70. The molecule has 0 aromatic rings. The van der Waals surface area contributed by atoms with E-state index >= 15 is 0 Å². The smallest absolute Gasteiger partial charge is 0.220 e. The van der Waals surface area contributed by atoms with Crippen LogP contribution < -0.4 is 10.6 Å². The first-order valence-electron chi connectivity index (χ1n) is 8.32. The Morgan fingerprint density at radius 2 is 2.05 bits per heavy atom. The molecule has 1 heterocycles. The molecule has 0 radical (unpaired) electrons. The van der Waals surface area contributed by atoms with Crippen LogP contribution in [0.4, 0.5) is 0 Å². The maximum atomic E-state index is 12.0. The van der Waals surface area contributed by atoms with Crippen LogP contribution in [0.1, 0.15) is 51.9 Å². The maximum absolute atomic E-state index is 12.0. The summed E-state index contributed by atoms with van der Waals surface area (Å²) in [6.07, 6.45) is 7.11. The minimum Gasteiger partial charge on any atom is -0.393 e. The Morgan fingerprint density at radius 1 is 1.29 bits per heavy atom. The molecular weight excluding hydrogens is 288 g/mol. The van der Waals surface area contributed by atoms with Gasteiger partial charge in [-0.2, -0.15) is 0 Å². The topological polar surface area (TPSA) is 61.4 Å². The minimum absolute atomic E-state index is 0. The lowest BCUT2D eigenvalue weighted by atomic mass is 9.85. The number of carbonyl (C=O) groups excluding carboxylic acids is 1. The Balaban J connectivity index is 0.00000220. The molecule has 5 heteroatoms. The van der Waals surface area contributed by atoms with Gasteiger partial charge in [-0.05, 0) is 50.6 Å². The highest BCUT2D eigenvalue weighted by atomic mass is 35.5. The summed E-state index contributed by atoms with van der Waals surface area (Å²) in [6.45, 7) is 5.01. The number of amides is 1. The van der Waals surface area contributed by atoms with Crippen molar-refractivity contribution in [2.75, 3.05) is 19.6 Å². The van der Waals surface area contributed by atoms with Crippen molar-refractivity contribution < 1.29 is 9.90 Å². The van der Waals surface area contributed by atoms with Crippen LogP contribution in [0.2, 0.25) is 0 Å². The highest BCUT2D eigenvalue weighted by Gasteiger charge is 2.25. The molecule has 1 saturated heterocycles. The number of aliphatic hydroxyl groups excluding tert-OH is 1. The van der Waals surface area contributed by atoms with Crippen LogP contribution in [0.15, 0.2) is 0 Å². The lowest BCUT2D eigenvalue weighted by Gasteiger charge is -2.29. The molecule has 2 fully saturated rings. The molecule has 3 N–H and O–H groups in total. The predicted octanol–water partition coefficient (Wildman–Crippen LogP) is 2.10. The molecule has 2 aliphatic rings. The number of hydrogen-bond acceptors (Lipinski definition) is 3. The van der Waals surface area contributed by atoms with Gasteiger partial charge in [0.2, 0.25) is 5.91 Å². The number of halogens is 1. The van der Waals surface area contributed by atoms with Crippen LogP contribution >= 0.6 is 12.4 Å². The van der Waals surface area contributed by atoms with E-state index in [-0.39, 0.29) is 30.3 Å². The van der Waals surface area contributed by atoms with Gasteiger partial charge < -0.3 is 15.7 Å². The molecule has 0 aromatic heterocycles. The van der Waals surface area contributed by atoms with Gasteiger partial charge in [0.25, 0.3) is 0 Å². The standard InChI is InChI=1S/C16H30N2O2.ClH/c1-12(13-6-4-8-17-10-13)9-16(20)18-11-14-5-2-3-7-15(14)19;/h12-15,17,19H,2-11H2,1H3,(H,18,20);1H. The van der Waals surface area contributed by atoms with Gasteiger partial charge in [-0.3, -0.25) is 4.79 Å². The van der Waals surface area contributed by atoms with E-state index in [1.54, 1.807) is 0 Å². The zero-order chi connectivity index (χ0) is 14.4. The van der Waals surface area contributed by atoms with Crippen LogP contribution in [-0.4, -0.2) is 36.8 Å². The lowest BCUT2D eigenvalue weighted by Crippen LogP contribution is -2.39. The summed E-state index contributed by atoms with van der Waals surface area (Å²) in [7, 11) is 0. The van der Waals surface area contributed by atoms with Gasteiger partial charge in [0.05, 0.1) is 6.10 Å². The van der Waals surface area contributed by atoms with Crippen molar-refractivity contribution >= 4 is 18.3 Å². The Kier molecular flexibility index (Phi) is 8.60. The molecule has 0 aromatic carbocycles. The van der Waals surface area contributed by atoms with Crippen LogP contribution in [0.3, 0.4) is 0 Å². The van der Waals surface area contributed by atoms with Gasteiger partial charge in [0, 0.05) is 18.9 Å². The van der Waals surface area contributed by atoms with Crippen LogP contribution in [-0.2, 0) is 4.79 Å². The van der Waals surface area contributed by atoms with E-state index in [0.717, 1.165) is 32.4 Å². The van der Waals surface area contributed by atoms with Crippen molar-refractivity contribution in [2.45, 2.75) is 58.0 Å². The molecule has 2 rings (SSSR count). The lowest BCUT2D eigenvalue weighted by molar-refractivity contribution is -0.122. The first-order chi connectivity index (χ1) is 9.66. The number of aliphatic hydroxyl groups is 1. The van der Waals surface area contributed by atoms with Crippen molar-refractivity contribution in [2.24, 2.45) is 17.8 Å². The highest BCUT2D eigenvalue weighted by Crippen LogP contribution is 2.24. The fraction of sp³-hybridized carbons (Fsp3) is 0.938. The predicted molar refractivity (Wildman–Crippen MR) is 87.6 cm³/mol. The van der Waals surface area contributed by atoms with Gasteiger partial charge in [-0.15, -0.1) is 12.4 Å². The van der Waals surface area contributed by atoms with E-state index in [2.05, 4.69) is 17.6 Å². The van der Waals surface area contributed by atoms with Crippen molar-refractivity contribution in [1.29, 1.82) is 0 Å². The first-order valence-corrected chi connectivity index (χ1v) is 8.32. The summed E-state index contributed by atoms with van der Waals surface area (Å²) in [6, 6.07) is 0. The molecule has 21 heavy (non-hydrogen) atoms. The van der Waals surface area contributed by atoms with E-state index in [9.17, 15) is 9.90 Å². The third kappa shape index (κ3) is 6.13. The highest BCUT2D eigenvalue weighted by molar-refractivity contribution is 5.85. The summed E-state index contributed by atoms with van der Waals surface area (Å²) >= 11 is 0. The van der Waals surface area contributed by atoms with Gasteiger partial charge in [-0.1, -0.05) is 19.8 Å². The number of rotatable bonds is 5. The van der Waals surface area contributed by atoms with Gasteiger partial charge in [0.15, 0.2) is 0 Å². The Morgan fingerprint density at radius 3 is 2.71 bits per heavy atom. The Bertz CT molecular complexity index is 309. The summed E-state index contributed by atoms with van der Waals surface area (Å²) < 4.78 is 0. The molecule has 0 bridgehead atoms. The van der Waals surface area contributed by atoms with Crippen molar-refractivity contribution in [3.63, 3.8) is 0 Å². The van der Waals surface area contributed by atoms with Crippen LogP contribution in [0.5, 0.6) is 0 Å². The molecule has 124 valence electrons. The molecule has 1 aliphatic heterocycles. The van der Waals surface area contributed by atoms with Gasteiger partial charge >= 0.3 is 0 Å². The van der Waals surface area contributed by atoms with Crippen molar-refractivity contribution in [1.82, 2.24) is 10.6 Å². The molecule has 1 amide bonds. The van der Waals surface area contributed by atoms with Crippen molar-refractivity contribution in [3.8, 4) is 0 Å². The summed E-state index contributed by atoms with van der Waals surface area (Å²) in [5.74, 6) is 1.49. The van der Waals surface area contributed by atoms with Crippen LogP contribution in [0.25, 0.3) is 0 Å². The number of carbonyl (C=O) groups is 1. The molecule has 4 nitrogen and oxygen atoms in total. The Labute approximate surface area is 134 Å². The largest absolute Gasteiger partial charge is 0.393 e. The molecule has 1 saturated carbocycles. The Hall–Kier alpha value is -0.320. The van der Waals surface area contributed by atoms with Gasteiger partial charge in [0.1, 0.15) is 0 Å². The number of piperidine rings is 1. The molecule has 4 unspecified atom stereocenters. The summed E-state index contributed by atoms with van der Waals surface area (Å²) in [4.78, 5) is 12.0. The van der Waals surface area contributed by atoms with E-state index in [4.69, 9.17) is 0 Å². The average Bonchev–Trinajstić information content (AvgIpc) is 2.47. The zero-order valence-electron chi connectivity index (χ0n) is 13.1. The van der Waals surface area contributed by atoms with E-state index in [1.165, 1.54) is 19.3 Å². The molecule has 0 spiro atoms. The number of nitrogens with one attached hydrogen (secondary N) is 2. The zero-order valence-corrected chi connectivity index (χ0v) is 14.0. The van der Waals surface area contributed by atoms with E-state index in [1.807, 2.05) is 0 Å². The second-order valence-corrected chi connectivity index (χ2v) is 6.70. The molecule has 1 aliphatic carbocycles. The average molecular weight is 319 g/mol. The quantitative estimate of drug-likeness (QED) is 0.727. The first kappa shape index (κ1) is 18.7. The maximum Gasteiger partial charge on any atom is 0.220 e. The monoisotopic (exact) mass is 318 g/mol. The fourth-order valence-corrected chi connectivity index (χ4v) is 3.57. The third-order valence-corrected chi connectivity index (χ3v) is 5.08. The molecular formula is C16H31ClN2O2. The minimum atomic E-state index is -0.219. The van der Waals surface area contributed by atoms with E-state index < -0.39 is 0 Å². The fourth-order valence-electron chi connectivity index (χ4n) is 3.57. The summed E-state index contributed by atoms with van der Waals surface area (Å²) in [5.41, 5.74) is 0. The van der Waals surface area contributed by atoms with Gasteiger partial charge in [-0.25, -0.2) is 0 Å². The van der Waals surface area contributed by atoms with Crippen molar-refractivity contribution in [3.05, 3.63) is 0 Å². The SMILES string of the molecule is CC(CC(=O)NCC1CCCCC1O)C1CCCNC1.Cl.